The summed E-state index contributed by atoms with van der Waals surface area (Å²) in [6.45, 7) is 0. The smallest absolute Gasteiger partial charge is 0.374 e. The Morgan fingerprint density at radius 2 is 1.61 bits per heavy atom. The molecule has 31 heavy (non-hydrogen) atoms. The highest BCUT2D eigenvalue weighted by atomic mass is 79.9. The van der Waals surface area contributed by atoms with E-state index < -0.39 is 40.5 Å². The summed E-state index contributed by atoms with van der Waals surface area (Å²) in [5.41, 5.74) is -4.80. The van der Waals surface area contributed by atoms with Crippen LogP contribution in [0.4, 0.5) is 26.3 Å². The number of benzene rings is 3. The Bertz CT molecular complexity index is 1210. The van der Waals surface area contributed by atoms with E-state index in [-0.39, 0.29) is 5.71 Å². The van der Waals surface area contributed by atoms with Gasteiger partial charge >= 0.3 is 12.4 Å². The van der Waals surface area contributed by atoms with E-state index >= 15 is 0 Å². The first-order chi connectivity index (χ1) is 14.4. The lowest BCUT2D eigenvalue weighted by Crippen LogP contribution is -2.43. The van der Waals surface area contributed by atoms with Gasteiger partial charge in [-0.3, -0.25) is 0 Å². The second-order valence-electron chi connectivity index (χ2n) is 7.00. The molecule has 0 aliphatic carbocycles. The first kappa shape index (κ1) is 22.0. The summed E-state index contributed by atoms with van der Waals surface area (Å²) < 4.78 is 82.9. The third kappa shape index (κ3) is 3.78. The lowest BCUT2D eigenvalue weighted by molar-refractivity contribution is -0.276. The SMILES string of the molecule is FC(F)(F)c1cc(Cl)cc(C2(C(F)(F)F)CC(c3ccc(Br)c4ccccc34)=NO2)c1. The van der Waals surface area contributed by atoms with E-state index in [1.807, 2.05) is 0 Å². The Kier molecular flexibility index (Phi) is 5.25. The monoisotopic (exact) mass is 521 g/mol. The molecule has 1 heterocycles. The van der Waals surface area contributed by atoms with Crippen molar-refractivity contribution in [2.24, 2.45) is 5.16 Å². The molecule has 10 heteroatoms. The van der Waals surface area contributed by atoms with Crippen LogP contribution in [0.5, 0.6) is 0 Å². The summed E-state index contributed by atoms with van der Waals surface area (Å²) in [4.78, 5) is 4.89. The number of hydrogen-bond acceptors (Lipinski definition) is 2. The van der Waals surface area contributed by atoms with Crippen molar-refractivity contribution in [2.75, 3.05) is 0 Å². The topological polar surface area (TPSA) is 21.6 Å². The van der Waals surface area contributed by atoms with Gasteiger partial charge in [-0.05, 0) is 35.0 Å². The highest BCUT2D eigenvalue weighted by molar-refractivity contribution is 9.10. The average Bonchev–Trinajstić information content (AvgIpc) is 3.14. The maximum Gasteiger partial charge on any atom is 0.435 e. The highest BCUT2D eigenvalue weighted by Gasteiger charge is 2.62. The third-order valence-electron chi connectivity index (χ3n) is 5.06. The lowest BCUT2D eigenvalue weighted by Gasteiger charge is -2.30. The fourth-order valence-electron chi connectivity index (χ4n) is 3.55. The molecule has 0 N–H and O–H groups in total. The number of fused-ring (bicyclic) bond motifs is 1. The molecule has 2 nitrogen and oxygen atoms in total. The van der Waals surface area contributed by atoms with Crippen molar-refractivity contribution in [1.82, 2.24) is 0 Å². The van der Waals surface area contributed by atoms with Gasteiger partial charge in [0.25, 0.3) is 5.60 Å². The molecule has 3 aromatic carbocycles. The van der Waals surface area contributed by atoms with Crippen molar-refractivity contribution in [2.45, 2.75) is 24.4 Å². The quantitative estimate of drug-likeness (QED) is 0.314. The Morgan fingerprint density at radius 1 is 0.935 bits per heavy atom. The zero-order valence-corrected chi connectivity index (χ0v) is 17.6. The minimum atomic E-state index is -5.06. The Hall–Kier alpha value is -2.26. The Morgan fingerprint density at radius 3 is 2.26 bits per heavy atom. The number of alkyl halides is 6. The molecule has 0 amide bonds. The summed E-state index contributed by atoms with van der Waals surface area (Å²) in [5.74, 6) is 0. The second-order valence-corrected chi connectivity index (χ2v) is 8.29. The molecule has 0 saturated heterocycles. The Balaban J connectivity index is 1.84. The first-order valence-electron chi connectivity index (χ1n) is 8.80. The van der Waals surface area contributed by atoms with Crippen LogP contribution in [0, 0.1) is 0 Å². The number of halogens is 8. The van der Waals surface area contributed by atoms with Crippen LogP contribution < -0.4 is 0 Å². The molecule has 1 aliphatic rings. The van der Waals surface area contributed by atoms with E-state index in [4.69, 9.17) is 16.4 Å². The largest absolute Gasteiger partial charge is 0.435 e. The summed E-state index contributed by atoms with van der Waals surface area (Å²) >= 11 is 9.12. The summed E-state index contributed by atoms with van der Waals surface area (Å²) in [6, 6.07) is 12.0. The normalized spacial score (nSPS) is 19.4. The average molecular weight is 523 g/mol. The molecule has 0 aromatic heterocycles. The summed E-state index contributed by atoms with van der Waals surface area (Å²) in [5, 5.41) is 4.54. The van der Waals surface area contributed by atoms with Crippen LogP contribution in [0.2, 0.25) is 5.02 Å². The van der Waals surface area contributed by atoms with Crippen molar-refractivity contribution in [3.63, 3.8) is 0 Å². The molecule has 1 atom stereocenters. The zero-order chi connectivity index (χ0) is 22.6. The third-order valence-corrected chi connectivity index (χ3v) is 5.97. The van der Waals surface area contributed by atoms with Crippen LogP contribution in [-0.2, 0) is 16.6 Å². The van der Waals surface area contributed by atoms with E-state index in [9.17, 15) is 26.3 Å². The van der Waals surface area contributed by atoms with Crippen molar-refractivity contribution < 1.29 is 31.2 Å². The minimum Gasteiger partial charge on any atom is -0.374 e. The number of hydrogen-bond donors (Lipinski definition) is 0. The van der Waals surface area contributed by atoms with Gasteiger partial charge in [-0.1, -0.05) is 63.0 Å². The maximum atomic E-state index is 14.2. The molecule has 0 bridgehead atoms. The van der Waals surface area contributed by atoms with Gasteiger partial charge in [-0.25, -0.2) is 0 Å². The molecule has 1 aliphatic heterocycles. The van der Waals surface area contributed by atoms with Crippen LogP contribution in [0.25, 0.3) is 10.8 Å². The fourth-order valence-corrected chi connectivity index (χ4v) is 4.26. The maximum absolute atomic E-state index is 14.2. The van der Waals surface area contributed by atoms with Crippen LogP contribution in [0.1, 0.15) is 23.1 Å². The molecule has 0 fully saturated rings. The first-order valence-corrected chi connectivity index (χ1v) is 9.97. The predicted molar refractivity (Wildman–Crippen MR) is 108 cm³/mol. The fraction of sp³-hybridized carbons (Fsp3) is 0.190. The van der Waals surface area contributed by atoms with Gasteiger partial charge in [-0.15, -0.1) is 0 Å². The summed E-state index contributed by atoms with van der Waals surface area (Å²) in [6.07, 6.45) is -10.7. The van der Waals surface area contributed by atoms with Crippen molar-refractivity contribution in [3.05, 3.63) is 80.8 Å². The van der Waals surface area contributed by atoms with Crippen LogP contribution >= 0.6 is 27.5 Å². The predicted octanol–water partition coefficient (Wildman–Crippen LogP) is 7.86. The van der Waals surface area contributed by atoms with Crippen LogP contribution in [-0.4, -0.2) is 11.9 Å². The molecule has 0 saturated carbocycles. The molecule has 0 spiro atoms. The highest BCUT2D eigenvalue weighted by Crippen LogP contribution is 2.50. The van der Waals surface area contributed by atoms with Crippen molar-refractivity contribution in [1.29, 1.82) is 0 Å². The lowest BCUT2D eigenvalue weighted by atomic mass is 9.85. The van der Waals surface area contributed by atoms with E-state index in [1.54, 1.807) is 36.4 Å². The molecule has 0 radical (unpaired) electrons. The molecule has 1 unspecified atom stereocenters. The van der Waals surface area contributed by atoms with Gasteiger partial charge < -0.3 is 4.84 Å². The van der Waals surface area contributed by atoms with Gasteiger partial charge in [0.05, 0.1) is 11.3 Å². The van der Waals surface area contributed by atoms with Gasteiger partial charge in [0, 0.05) is 27.0 Å². The molecule has 162 valence electrons. The van der Waals surface area contributed by atoms with E-state index in [0.717, 1.165) is 15.9 Å². The second kappa shape index (κ2) is 7.41. The summed E-state index contributed by atoms with van der Waals surface area (Å²) in [7, 11) is 0. The van der Waals surface area contributed by atoms with Gasteiger partial charge in [0.15, 0.2) is 0 Å². The van der Waals surface area contributed by atoms with Gasteiger partial charge in [-0.2, -0.15) is 26.3 Å². The van der Waals surface area contributed by atoms with Crippen LogP contribution in [0.3, 0.4) is 0 Å². The van der Waals surface area contributed by atoms with Gasteiger partial charge in [0.2, 0.25) is 0 Å². The molecular formula is C21H11BrClF6NO. The van der Waals surface area contributed by atoms with Crippen molar-refractivity contribution >= 4 is 44.0 Å². The van der Waals surface area contributed by atoms with E-state index in [2.05, 4.69) is 21.1 Å². The van der Waals surface area contributed by atoms with Gasteiger partial charge in [0.1, 0.15) is 0 Å². The zero-order valence-electron chi connectivity index (χ0n) is 15.3. The standard InChI is InChI=1S/C21H11BrClF6NO/c22-17-6-5-16(14-3-1-2-4-15(14)17)18-10-19(31-30-18,21(27,28)29)11-7-12(20(24,25)26)9-13(23)8-11/h1-9H,10H2. The molecule has 3 aromatic rings. The number of nitrogens with zero attached hydrogens (tertiary/aromatic N) is 1. The molecule has 4 rings (SSSR count). The minimum absolute atomic E-state index is 0.0328. The van der Waals surface area contributed by atoms with E-state index in [1.165, 1.54) is 0 Å². The van der Waals surface area contributed by atoms with E-state index in [0.29, 0.717) is 23.1 Å². The molecular weight excluding hydrogens is 512 g/mol. The number of oxime groups is 1. The van der Waals surface area contributed by atoms with Crippen LogP contribution in [0.15, 0.2) is 64.2 Å². The Labute approximate surface area is 185 Å². The number of rotatable bonds is 2. The van der Waals surface area contributed by atoms with Crippen molar-refractivity contribution in [3.8, 4) is 0 Å².